The number of halogens is 3. The maximum atomic E-state index is 14.6. The van der Waals surface area contributed by atoms with Crippen LogP contribution >= 0.6 is 0 Å². The molecule has 0 aliphatic heterocycles. The van der Waals surface area contributed by atoms with Crippen LogP contribution in [0, 0.1) is 27.6 Å². The van der Waals surface area contributed by atoms with Gasteiger partial charge in [0.15, 0.2) is 11.6 Å². The summed E-state index contributed by atoms with van der Waals surface area (Å²) in [4.78, 5) is 11.7. The van der Waals surface area contributed by atoms with Gasteiger partial charge in [0, 0.05) is 11.6 Å². The van der Waals surface area contributed by atoms with E-state index in [0.29, 0.717) is 23.3 Å². The lowest BCUT2D eigenvalue weighted by atomic mass is 9.78. The van der Waals surface area contributed by atoms with Crippen molar-refractivity contribution in [3.63, 3.8) is 0 Å². The van der Waals surface area contributed by atoms with Crippen LogP contribution in [0.2, 0.25) is 0 Å². The van der Waals surface area contributed by atoms with E-state index in [2.05, 4.69) is 10.5 Å². The van der Waals surface area contributed by atoms with Crippen molar-refractivity contribution in [3.8, 4) is 11.1 Å². The molecule has 0 spiro atoms. The van der Waals surface area contributed by atoms with Gasteiger partial charge in [-0.15, -0.1) is 0 Å². The molecule has 163 valence electrons. The summed E-state index contributed by atoms with van der Waals surface area (Å²) in [6, 6.07) is 22.8. The molecule has 0 amide bonds. The molecule has 0 atom stereocenters. The molecule has 0 saturated carbocycles. The van der Waals surface area contributed by atoms with Crippen LogP contribution in [-0.4, -0.2) is 15.4 Å². The van der Waals surface area contributed by atoms with E-state index >= 15 is 0 Å². The van der Waals surface area contributed by atoms with E-state index in [-0.39, 0.29) is 11.1 Å². The first kappa shape index (κ1) is 22.4. The predicted molar refractivity (Wildman–Crippen MR) is 118 cm³/mol. The third-order valence-corrected chi connectivity index (χ3v) is 5.72. The van der Waals surface area contributed by atoms with Gasteiger partial charge < -0.3 is 4.43 Å². The summed E-state index contributed by atoms with van der Waals surface area (Å²) >= 11 is 0. The van der Waals surface area contributed by atoms with Crippen molar-refractivity contribution in [3.05, 3.63) is 135 Å². The van der Waals surface area contributed by atoms with E-state index in [9.17, 15) is 23.3 Å². The third-order valence-electron chi connectivity index (χ3n) is 5.41. The van der Waals surface area contributed by atoms with Crippen molar-refractivity contribution in [2.24, 2.45) is 0 Å². The largest absolute Gasteiger partial charge is 0.401 e. The molecule has 0 aliphatic carbocycles. The molecule has 0 heterocycles. The first-order chi connectivity index (χ1) is 15.9. The quantitative estimate of drug-likeness (QED) is 0.115. The molecule has 0 bridgehead atoms. The maximum Gasteiger partial charge on any atom is 0.284 e. The molecule has 4 nitrogen and oxygen atoms in total. The zero-order valence-corrected chi connectivity index (χ0v) is 18.0. The standard InChI is InChI=1S/C25H15F3NO3Si/c26-21-15-23(28)22(27)14-19(21)18-12-7-13-20(24(18)29(30)31)25(32-33,16-8-3-1-4-9-16)17-10-5-2-6-11-17/h1-15H. The van der Waals surface area contributed by atoms with Crippen LogP contribution in [0.5, 0.6) is 0 Å². The minimum Gasteiger partial charge on any atom is -0.401 e. The summed E-state index contributed by atoms with van der Waals surface area (Å²) in [5.41, 5.74) is -1.50. The van der Waals surface area contributed by atoms with E-state index in [0.717, 1.165) is 0 Å². The SMILES string of the molecule is O=[N+]([O-])c1c(-c2cc(F)c(F)cc2F)cccc1C(O[Si])(c1ccccc1)c1ccccc1. The monoisotopic (exact) mass is 462 g/mol. The van der Waals surface area contributed by atoms with E-state index in [1.54, 1.807) is 60.7 Å². The lowest BCUT2D eigenvalue weighted by molar-refractivity contribution is -0.385. The fourth-order valence-electron chi connectivity index (χ4n) is 3.97. The van der Waals surface area contributed by atoms with Crippen molar-refractivity contribution in [2.45, 2.75) is 5.60 Å². The van der Waals surface area contributed by atoms with E-state index in [4.69, 9.17) is 4.43 Å². The van der Waals surface area contributed by atoms with Crippen LogP contribution in [0.4, 0.5) is 18.9 Å². The highest BCUT2D eigenvalue weighted by atomic mass is 28.2. The van der Waals surface area contributed by atoms with E-state index in [1.807, 2.05) is 0 Å². The summed E-state index contributed by atoms with van der Waals surface area (Å²) in [6.45, 7) is 0. The first-order valence-corrected chi connectivity index (χ1v) is 10.2. The molecule has 33 heavy (non-hydrogen) atoms. The summed E-state index contributed by atoms with van der Waals surface area (Å²) in [5, 5.41) is 12.3. The Bertz CT molecular complexity index is 1280. The van der Waals surface area contributed by atoms with Gasteiger partial charge in [-0.3, -0.25) is 10.1 Å². The number of nitro groups is 1. The highest BCUT2D eigenvalue weighted by Gasteiger charge is 2.42. The predicted octanol–water partition coefficient (Wildman–Crippen LogP) is 6.07. The molecule has 4 aromatic rings. The van der Waals surface area contributed by atoms with Gasteiger partial charge >= 0.3 is 0 Å². The maximum absolute atomic E-state index is 14.6. The summed E-state index contributed by atoms with van der Waals surface area (Å²) in [7, 11) is 3.14. The van der Waals surface area contributed by atoms with Crippen LogP contribution in [-0.2, 0) is 10.0 Å². The molecule has 0 aromatic heterocycles. The minimum absolute atomic E-state index is 0.0709. The van der Waals surface area contributed by atoms with Crippen molar-refractivity contribution >= 4 is 16.2 Å². The normalized spacial score (nSPS) is 11.4. The van der Waals surface area contributed by atoms with Crippen LogP contribution in [0.1, 0.15) is 16.7 Å². The number of para-hydroxylation sites is 1. The van der Waals surface area contributed by atoms with Gasteiger partial charge in [-0.1, -0.05) is 66.7 Å². The van der Waals surface area contributed by atoms with Gasteiger partial charge in [-0.05, 0) is 29.3 Å². The molecule has 4 rings (SSSR count). The average Bonchev–Trinajstić information content (AvgIpc) is 2.83. The Kier molecular flexibility index (Phi) is 6.13. The van der Waals surface area contributed by atoms with Crippen LogP contribution in [0.3, 0.4) is 0 Å². The lowest BCUT2D eigenvalue weighted by Crippen LogP contribution is -2.33. The Balaban J connectivity index is 2.12. The number of hydrogen-bond donors (Lipinski definition) is 0. The van der Waals surface area contributed by atoms with E-state index < -0.39 is 39.2 Å². The molecule has 0 saturated heterocycles. The summed E-state index contributed by atoms with van der Waals surface area (Å²) in [6.07, 6.45) is 0. The second kappa shape index (κ2) is 9.01. The highest BCUT2D eigenvalue weighted by Crippen LogP contribution is 2.47. The van der Waals surface area contributed by atoms with Gasteiger partial charge in [0.25, 0.3) is 5.69 Å². The number of rotatable bonds is 6. The van der Waals surface area contributed by atoms with Crippen molar-refractivity contribution in [1.82, 2.24) is 0 Å². The van der Waals surface area contributed by atoms with Gasteiger partial charge in [-0.25, -0.2) is 13.2 Å². The molecular formula is C25H15F3NO3Si. The molecule has 0 fully saturated rings. The Morgan fingerprint density at radius 1 is 0.727 bits per heavy atom. The first-order valence-electron chi connectivity index (χ1n) is 9.78. The van der Waals surface area contributed by atoms with Crippen molar-refractivity contribution < 1.29 is 22.5 Å². The van der Waals surface area contributed by atoms with Crippen molar-refractivity contribution in [2.75, 3.05) is 0 Å². The summed E-state index contributed by atoms with van der Waals surface area (Å²) in [5.74, 6) is -3.83. The number of nitrogens with zero attached hydrogens (tertiary/aromatic N) is 1. The minimum atomic E-state index is -1.52. The molecule has 8 heteroatoms. The van der Waals surface area contributed by atoms with Crippen molar-refractivity contribution in [1.29, 1.82) is 0 Å². The zero-order valence-electron chi connectivity index (χ0n) is 17.0. The highest BCUT2D eigenvalue weighted by molar-refractivity contribution is 5.99. The van der Waals surface area contributed by atoms with Crippen LogP contribution in [0.25, 0.3) is 11.1 Å². The number of nitro benzene ring substituents is 1. The van der Waals surface area contributed by atoms with E-state index in [1.165, 1.54) is 18.2 Å². The van der Waals surface area contributed by atoms with Gasteiger partial charge in [0.1, 0.15) is 11.4 Å². The van der Waals surface area contributed by atoms with Gasteiger partial charge in [-0.2, -0.15) is 0 Å². The lowest BCUT2D eigenvalue weighted by Gasteiger charge is -2.34. The second-order valence-electron chi connectivity index (χ2n) is 7.22. The average molecular weight is 462 g/mol. The zero-order chi connectivity index (χ0) is 23.6. The van der Waals surface area contributed by atoms with Crippen LogP contribution in [0.15, 0.2) is 91.0 Å². The Labute approximate surface area is 191 Å². The molecule has 3 radical (unpaired) electrons. The van der Waals surface area contributed by atoms with Gasteiger partial charge in [0.05, 0.1) is 16.1 Å². The number of hydrogen-bond acceptors (Lipinski definition) is 3. The Morgan fingerprint density at radius 3 is 1.79 bits per heavy atom. The third kappa shape index (κ3) is 3.83. The molecule has 4 aromatic carbocycles. The smallest absolute Gasteiger partial charge is 0.284 e. The van der Waals surface area contributed by atoms with Crippen LogP contribution < -0.4 is 0 Å². The molecular weight excluding hydrogens is 447 g/mol. The second-order valence-corrected chi connectivity index (χ2v) is 7.42. The van der Waals surface area contributed by atoms with Gasteiger partial charge in [0.2, 0.25) is 10.5 Å². The Morgan fingerprint density at radius 2 is 1.27 bits per heavy atom. The number of benzene rings is 4. The molecule has 0 aliphatic rings. The summed E-state index contributed by atoms with van der Waals surface area (Å²) < 4.78 is 48.0. The molecule has 0 unspecified atom stereocenters. The fraction of sp³-hybridized carbons (Fsp3) is 0.0400. The molecule has 0 N–H and O–H groups in total. The fourth-order valence-corrected chi connectivity index (χ4v) is 4.31. The topological polar surface area (TPSA) is 52.4 Å². The Hall–Kier alpha value is -3.75.